The lowest BCUT2D eigenvalue weighted by molar-refractivity contribution is 0.414. The summed E-state index contributed by atoms with van der Waals surface area (Å²) in [7, 11) is -2.85. The Morgan fingerprint density at radius 2 is 1.81 bits per heavy atom. The first-order chi connectivity index (χ1) is 17.3. The van der Waals surface area contributed by atoms with E-state index >= 15 is 0 Å². The minimum Gasteiger partial charge on any atom is -0.495 e. The number of hydrogen-bond donors (Lipinski definition) is 0. The molecule has 11 heteroatoms. The predicted octanol–water partition coefficient (Wildman–Crippen LogP) is 6.87. The summed E-state index contributed by atoms with van der Waals surface area (Å²) in [4.78, 5) is 4.07. The van der Waals surface area contributed by atoms with E-state index in [4.69, 9.17) is 32.5 Å². The number of ether oxygens (including phenoxy) is 1. The molecule has 5 rings (SSSR count). The van der Waals surface area contributed by atoms with Crippen molar-refractivity contribution in [3.8, 4) is 16.9 Å². The van der Waals surface area contributed by atoms with Crippen LogP contribution in [0.4, 0.5) is 15.9 Å². The largest absolute Gasteiger partial charge is 0.495 e. The number of halogens is 3. The van der Waals surface area contributed by atoms with Crippen molar-refractivity contribution >= 4 is 55.5 Å². The first kappa shape index (κ1) is 24.1. The standard InChI is InChI=1S/C25H16Cl2FN3O4S/c1-34-24-12-19(16-3-5-20(26)22(28)11-16)21(27)13-23(24)31(25-7-9-35-30-25)36(32,33)18-4-2-17-14-29-8-6-15(17)10-18/h2-14H,1H3. The average molecular weight is 544 g/mol. The topological polar surface area (TPSA) is 85.5 Å². The molecular weight excluding hydrogens is 528 g/mol. The molecule has 0 unspecified atom stereocenters. The summed E-state index contributed by atoms with van der Waals surface area (Å²) in [6, 6.07) is 15.0. The minimum atomic E-state index is -4.23. The summed E-state index contributed by atoms with van der Waals surface area (Å²) < 4.78 is 53.5. The van der Waals surface area contributed by atoms with Crippen LogP contribution in [0.5, 0.6) is 5.75 Å². The lowest BCUT2D eigenvalue weighted by Gasteiger charge is -2.24. The molecule has 36 heavy (non-hydrogen) atoms. The second kappa shape index (κ2) is 9.42. The minimum absolute atomic E-state index is 0.00576. The summed E-state index contributed by atoms with van der Waals surface area (Å²) in [5.41, 5.74) is 0.943. The zero-order chi connectivity index (χ0) is 25.4. The van der Waals surface area contributed by atoms with E-state index in [1.54, 1.807) is 36.7 Å². The number of fused-ring (bicyclic) bond motifs is 1. The number of rotatable bonds is 6. The van der Waals surface area contributed by atoms with E-state index in [2.05, 4.69) is 10.1 Å². The Hall–Kier alpha value is -3.66. The molecule has 0 saturated carbocycles. The number of anilines is 2. The number of sulfonamides is 1. The highest BCUT2D eigenvalue weighted by Crippen LogP contribution is 2.44. The van der Waals surface area contributed by atoms with Gasteiger partial charge in [0.2, 0.25) is 0 Å². The number of hydrogen-bond acceptors (Lipinski definition) is 6. The number of methoxy groups -OCH3 is 1. The third-order valence-electron chi connectivity index (χ3n) is 5.50. The molecule has 0 amide bonds. The SMILES string of the molecule is COc1cc(-c2ccc(Cl)c(F)c2)c(Cl)cc1N(c1ccon1)S(=O)(=O)c1ccc2cnccc2c1. The van der Waals surface area contributed by atoms with Crippen molar-refractivity contribution in [1.29, 1.82) is 0 Å². The van der Waals surface area contributed by atoms with E-state index < -0.39 is 15.8 Å². The van der Waals surface area contributed by atoms with E-state index in [-0.39, 0.29) is 32.2 Å². The van der Waals surface area contributed by atoms with Crippen LogP contribution in [0.1, 0.15) is 0 Å². The van der Waals surface area contributed by atoms with Gasteiger partial charge in [0, 0.05) is 29.4 Å². The summed E-state index contributed by atoms with van der Waals surface area (Å²) in [5, 5.41) is 5.45. The first-order valence-corrected chi connectivity index (χ1v) is 12.6. The number of aromatic nitrogens is 2. The second-order valence-corrected chi connectivity index (χ2v) is 10.2. The molecule has 5 aromatic rings. The fraction of sp³-hybridized carbons (Fsp3) is 0.0400. The highest BCUT2D eigenvalue weighted by Gasteiger charge is 2.32. The summed E-state index contributed by atoms with van der Waals surface area (Å²) >= 11 is 12.4. The van der Waals surface area contributed by atoms with Crippen LogP contribution in [0.25, 0.3) is 21.9 Å². The van der Waals surface area contributed by atoms with Crippen LogP contribution in [-0.2, 0) is 10.0 Å². The number of benzene rings is 3. The molecule has 0 saturated heterocycles. The monoisotopic (exact) mass is 543 g/mol. The Kier molecular flexibility index (Phi) is 6.29. The molecule has 0 aliphatic carbocycles. The van der Waals surface area contributed by atoms with E-state index in [0.29, 0.717) is 16.5 Å². The third-order valence-corrected chi connectivity index (χ3v) is 7.83. The highest BCUT2D eigenvalue weighted by atomic mass is 35.5. The molecule has 0 bridgehead atoms. The van der Waals surface area contributed by atoms with Crippen LogP contribution >= 0.6 is 23.2 Å². The van der Waals surface area contributed by atoms with Crippen LogP contribution < -0.4 is 9.04 Å². The maximum Gasteiger partial charge on any atom is 0.270 e. The van der Waals surface area contributed by atoms with Crippen LogP contribution in [-0.4, -0.2) is 25.7 Å². The fourth-order valence-electron chi connectivity index (χ4n) is 3.76. The summed E-state index contributed by atoms with van der Waals surface area (Å²) in [5.74, 6) is -0.475. The molecule has 0 aliphatic rings. The molecule has 7 nitrogen and oxygen atoms in total. The number of nitrogens with zero attached hydrogens (tertiary/aromatic N) is 3. The van der Waals surface area contributed by atoms with E-state index in [9.17, 15) is 12.8 Å². The molecule has 0 spiro atoms. The quantitative estimate of drug-likeness (QED) is 0.232. The highest BCUT2D eigenvalue weighted by molar-refractivity contribution is 7.93. The molecule has 0 radical (unpaired) electrons. The fourth-order valence-corrected chi connectivity index (χ4v) is 5.62. The predicted molar refractivity (Wildman–Crippen MR) is 136 cm³/mol. The van der Waals surface area contributed by atoms with Gasteiger partial charge in [0.05, 0.1) is 22.1 Å². The van der Waals surface area contributed by atoms with Crippen LogP contribution in [0, 0.1) is 5.82 Å². The van der Waals surface area contributed by atoms with Gasteiger partial charge in [-0.1, -0.05) is 40.5 Å². The zero-order valence-electron chi connectivity index (χ0n) is 18.5. The van der Waals surface area contributed by atoms with E-state index in [1.165, 1.54) is 49.8 Å². The van der Waals surface area contributed by atoms with Crippen molar-refractivity contribution < 1.29 is 22.1 Å². The van der Waals surface area contributed by atoms with Crippen molar-refractivity contribution in [2.75, 3.05) is 11.4 Å². The molecule has 0 aliphatic heterocycles. The molecule has 2 aromatic heterocycles. The molecule has 3 aromatic carbocycles. The lowest BCUT2D eigenvalue weighted by Crippen LogP contribution is -2.27. The van der Waals surface area contributed by atoms with Crippen molar-refractivity contribution in [3.63, 3.8) is 0 Å². The average Bonchev–Trinajstić information content (AvgIpc) is 3.40. The van der Waals surface area contributed by atoms with Gasteiger partial charge in [-0.2, -0.15) is 0 Å². The molecule has 2 heterocycles. The van der Waals surface area contributed by atoms with E-state index in [1.807, 2.05) is 0 Å². The van der Waals surface area contributed by atoms with Crippen molar-refractivity contribution in [1.82, 2.24) is 10.1 Å². The molecule has 0 fully saturated rings. The Bertz CT molecular complexity index is 1700. The van der Waals surface area contributed by atoms with Gasteiger partial charge in [-0.3, -0.25) is 4.98 Å². The van der Waals surface area contributed by atoms with Gasteiger partial charge in [-0.05, 0) is 53.4 Å². The van der Waals surface area contributed by atoms with Gasteiger partial charge in [-0.25, -0.2) is 17.1 Å². The normalized spacial score (nSPS) is 11.6. The van der Waals surface area contributed by atoms with Gasteiger partial charge in [0.1, 0.15) is 23.5 Å². The molecule has 182 valence electrons. The Morgan fingerprint density at radius 3 is 2.53 bits per heavy atom. The summed E-state index contributed by atoms with van der Waals surface area (Å²) in [6.07, 6.45) is 4.47. The smallest absolute Gasteiger partial charge is 0.270 e. The Morgan fingerprint density at radius 1 is 0.972 bits per heavy atom. The number of pyridine rings is 1. The van der Waals surface area contributed by atoms with E-state index in [0.717, 1.165) is 9.69 Å². The first-order valence-electron chi connectivity index (χ1n) is 10.4. The maximum absolute atomic E-state index is 14.1. The molecule has 0 N–H and O–H groups in total. The molecular formula is C25H16Cl2FN3O4S. The van der Waals surface area contributed by atoms with Gasteiger partial charge in [0.15, 0.2) is 5.82 Å². The van der Waals surface area contributed by atoms with Crippen LogP contribution in [0.15, 0.2) is 88.7 Å². The zero-order valence-corrected chi connectivity index (χ0v) is 20.9. The lowest BCUT2D eigenvalue weighted by atomic mass is 10.0. The van der Waals surface area contributed by atoms with Crippen molar-refractivity contribution in [2.24, 2.45) is 0 Å². The van der Waals surface area contributed by atoms with Gasteiger partial charge in [0.25, 0.3) is 10.0 Å². The third kappa shape index (κ3) is 4.26. The Balaban J connectivity index is 1.70. The van der Waals surface area contributed by atoms with Crippen LogP contribution in [0.3, 0.4) is 0 Å². The van der Waals surface area contributed by atoms with Crippen LogP contribution in [0.2, 0.25) is 10.0 Å². The summed E-state index contributed by atoms with van der Waals surface area (Å²) in [6.45, 7) is 0. The van der Waals surface area contributed by atoms with Gasteiger partial charge in [-0.15, -0.1) is 0 Å². The van der Waals surface area contributed by atoms with Crippen molar-refractivity contribution in [2.45, 2.75) is 4.90 Å². The molecule has 0 atom stereocenters. The Labute approximate surface area is 215 Å². The van der Waals surface area contributed by atoms with Gasteiger partial charge >= 0.3 is 0 Å². The van der Waals surface area contributed by atoms with Gasteiger partial charge < -0.3 is 9.26 Å². The maximum atomic E-state index is 14.1. The second-order valence-electron chi connectivity index (χ2n) is 7.64. The van der Waals surface area contributed by atoms with Crippen molar-refractivity contribution in [3.05, 3.63) is 95.2 Å².